The van der Waals surface area contributed by atoms with Gasteiger partial charge >= 0.3 is 0 Å². The van der Waals surface area contributed by atoms with Crippen molar-refractivity contribution in [2.24, 2.45) is 11.8 Å². The van der Waals surface area contributed by atoms with Gasteiger partial charge in [-0.2, -0.15) is 0 Å². The number of nitrogens with one attached hydrogen (secondary N) is 1. The number of nitrogens with zero attached hydrogens (tertiary/aromatic N) is 2. The zero-order chi connectivity index (χ0) is 20.2. The lowest BCUT2D eigenvalue weighted by atomic mass is 9.92. The number of rotatable bonds is 5. The Hall–Kier alpha value is -2.37. The standard InChI is InChI=1S/C23H31N3O3/c27-21(15-17-5-2-1-3-6-17)26-12-4-7-19(16-26)23(29)25-13-10-18(11-14-25)22(28)24-20-8-9-20/h1-3,5-6,18-20H,4,7-16H2,(H,24,28). The summed E-state index contributed by atoms with van der Waals surface area (Å²) in [4.78, 5) is 41.7. The molecule has 3 aliphatic rings. The van der Waals surface area contributed by atoms with E-state index in [4.69, 9.17) is 0 Å². The van der Waals surface area contributed by atoms with E-state index in [0.29, 0.717) is 32.1 Å². The van der Waals surface area contributed by atoms with E-state index in [2.05, 4.69) is 5.32 Å². The van der Waals surface area contributed by atoms with Gasteiger partial charge in [0.05, 0.1) is 12.3 Å². The van der Waals surface area contributed by atoms with E-state index >= 15 is 0 Å². The SMILES string of the molecule is O=C(NC1CC1)C1CCN(C(=O)C2CCCN(C(=O)Cc3ccccc3)C2)CC1. The largest absolute Gasteiger partial charge is 0.353 e. The van der Waals surface area contributed by atoms with Crippen molar-refractivity contribution in [1.29, 1.82) is 0 Å². The molecule has 3 amide bonds. The summed E-state index contributed by atoms with van der Waals surface area (Å²) in [6.07, 6.45) is 5.80. The van der Waals surface area contributed by atoms with Crippen LogP contribution in [0.25, 0.3) is 0 Å². The molecule has 4 rings (SSSR count). The van der Waals surface area contributed by atoms with E-state index in [-0.39, 0.29) is 29.6 Å². The van der Waals surface area contributed by atoms with Crippen molar-refractivity contribution in [2.45, 2.75) is 51.0 Å². The molecule has 0 aromatic heterocycles. The maximum absolute atomic E-state index is 13.0. The van der Waals surface area contributed by atoms with Crippen LogP contribution in [-0.2, 0) is 20.8 Å². The molecule has 1 saturated carbocycles. The van der Waals surface area contributed by atoms with Crippen LogP contribution >= 0.6 is 0 Å². The lowest BCUT2D eigenvalue weighted by molar-refractivity contribution is -0.143. The molecular formula is C23H31N3O3. The van der Waals surface area contributed by atoms with E-state index < -0.39 is 0 Å². The molecule has 156 valence electrons. The molecular weight excluding hydrogens is 366 g/mol. The average Bonchev–Trinajstić information content (AvgIpc) is 3.58. The number of piperidine rings is 2. The molecule has 0 radical (unpaired) electrons. The quantitative estimate of drug-likeness (QED) is 0.826. The Morgan fingerprint density at radius 3 is 2.28 bits per heavy atom. The van der Waals surface area contributed by atoms with Crippen molar-refractivity contribution in [3.63, 3.8) is 0 Å². The Labute approximate surface area is 172 Å². The minimum Gasteiger partial charge on any atom is -0.353 e. The lowest BCUT2D eigenvalue weighted by Gasteiger charge is -2.37. The number of hydrogen-bond acceptors (Lipinski definition) is 3. The smallest absolute Gasteiger partial charge is 0.227 e. The topological polar surface area (TPSA) is 69.7 Å². The predicted octanol–water partition coefficient (Wildman–Crippen LogP) is 1.98. The zero-order valence-electron chi connectivity index (χ0n) is 17.0. The highest BCUT2D eigenvalue weighted by Crippen LogP contribution is 2.25. The lowest BCUT2D eigenvalue weighted by Crippen LogP contribution is -2.50. The van der Waals surface area contributed by atoms with Gasteiger partial charge in [-0.25, -0.2) is 0 Å². The van der Waals surface area contributed by atoms with Gasteiger partial charge in [0.25, 0.3) is 0 Å². The molecule has 1 aromatic rings. The Bertz CT molecular complexity index is 739. The molecule has 1 aromatic carbocycles. The highest BCUT2D eigenvalue weighted by molar-refractivity contribution is 5.83. The van der Waals surface area contributed by atoms with Crippen molar-refractivity contribution in [3.8, 4) is 0 Å². The summed E-state index contributed by atoms with van der Waals surface area (Å²) in [7, 11) is 0. The number of hydrogen-bond donors (Lipinski definition) is 1. The first-order valence-electron chi connectivity index (χ1n) is 11.0. The van der Waals surface area contributed by atoms with Crippen LogP contribution in [0.1, 0.15) is 44.1 Å². The minimum atomic E-state index is -0.111. The van der Waals surface area contributed by atoms with Crippen LogP contribution in [0.2, 0.25) is 0 Å². The predicted molar refractivity (Wildman–Crippen MR) is 110 cm³/mol. The molecule has 2 heterocycles. The Kier molecular flexibility index (Phi) is 6.16. The zero-order valence-corrected chi connectivity index (χ0v) is 17.0. The normalized spacial score (nSPS) is 23.0. The highest BCUT2D eigenvalue weighted by atomic mass is 16.2. The van der Waals surface area contributed by atoms with Crippen LogP contribution in [0.4, 0.5) is 0 Å². The first-order valence-corrected chi connectivity index (χ1v) is 11.0. The third-order valence-corrected chi connectivity index (χ3v) is 6.42. The molecule has 1 unspecified atom stereocenters. The molecule has 6 nitrogen and oxygen atoms in total. The molecule has 1 N–H and O–H groups in total. The third-order valence-electron chi connectivity index (χ3n) is 6.42. The Morgan fingerprint density at radius 2 is 1.59 bits per heavy atom. The van der Waals surface area contributed by atoms with Crippen molar-refractivity contribution in [2.75, 3.05) is 26.2 Å². The minimum absolute atomic E-state index is 0.0370. The van der Waals surface area contributed by atoms with Gasteiger partial charge in [-0.05, 0) is 44.1 Å². The first-order chi connectivity index (χ1) is 14.1. The fourth-order valence-electron chi connectivity index (χ4n) is 4.45. The van der Waals surface area contributed by atoms with Gasteiger partial charge in [-0.15, -0.1) is 0 Å². The monoisotopic (exact) mass is 397 g/mol. The second-order valence-corrected chi connectivity index (χ2v) is 8.72. The molecule has 0 spiro atoms. The molecule has 1 aliphatic carbocycles. The van der Waals surface area contributed by atoms with E-state index in [0.717, 1.165) is 50.6 Å². The summed E-state index contributed by atoms with van der Waals surface area (Å²) in [5.74, 6) is 0.345. The average molecular weight is 398 g/mol. The van der Waals surface area contributed by atoms with Crippen molar-refractivity contribution in [3.05, 3.63) is 35.9 Å². The van der Waals surface area contributed by atoms with Crippen molar-refractivity contribution in [1.82, 2.24) is 15.1 Å². The number of benzene rings is 1. The number of amides is 3. The number of carbonyl (C=O) groups excluding carboxylic acids is 3. The maximum atomic E-state index is 13.0. The Balaban J connectivity index is 1.26. The third kappa shape index (κ3) is 5.17. The van der Waals surface area contributed by atoms with Gasteiger partial charge < -0.3 is 15.1 Å². The fourth-order valence-corrected chi connectivity index (χ4v) is 4.45. The van der Waals surface area contributed by atoms with Crippen LogP contribution in [0.5, 0.6) is 0 Å². The summed E-state index contributed by atoms with van der Waals surface area (Å²) in [5, 5.41) is 3.08. The van der Waals surface area contributed by atoms with Crippen molar-refractivity contribution < 1.29 is 14.4 Å². The van der Waals surface area contributed by atoms with E-state index in [1.165, 1.54) is 0 Å². The molecule has 6 heteroatoms. The first kappa shape index (κ1) is 19.9. The van der Waals surface area contributed by atoms with Crippen LogP contribution in [0.15, 0.2) is 30.3 Å². The summed E-state index contributed by atoms with van der Waals surface area (Å²) in [5.41, 5.74) is 1.01. The van der Waals surface area contributed by atoms with Gasteiger partial charge in [0.2, 0.25) is 17.7 Å². The van der Waals surface area contributed by atoms with Crippen LogP contribution in [0, 0.1) is 11.8 Å². The fraction of sp³-hybridized carbons (Fsp3) is 0.609. The molecule has 2 aliphatic heterocycles. The highest BCUT2D eigenvalue weighted by Gasteiger charge is 2.35. The van der Waals surface area contributed by atoms with E-state index in [9.17, 15) is 14.4 Å². The number of carbonyl (C=O) groups is 3. The summed E-state index contributed by atoms with van der Waals surface area (Å²) < 4.78 is 0. The summed E-state index contributed by atoms with van der Waals surface area (Å²) in [6.45, 7) is 2.55. The maximum Gasteiger partial charge on any atom is 0.227 e. The van der Waals surface area contributed by atoms with Gasteiger partial charge in [0.1, 0.15) is 0 Å². The number of likely N-dealkylation sites (tertiary alicyclic amines) is 2. The van der Waals surface area contributed by atoms with Gasteiger partial charge in [0.15, 0.2) is 0 Å². The van der Waals surface area contributed by atoms with Crippen LogP contribution in [-0.4, -0.2) is 59.7 Å². The van der Waals surface area contributed by atoms with E-state index in [1.54, 1.807) is 0 Å². The molecule has 1 atom stereocenters. The molecule has 2 saturated heterocycles. The molecule has 3 fully saturated rings. The molecule has 29 heavy (non-hydrogen) atoms. The molecule has 0 bridgehead atoms. The van der Waals surface area contributed by atoms with Gasteiger partial charge in [-0.1, -0.05) is 30.3 Å². The van der Waals surface area contributed by atoms with Gasteiger partial charge in [0, 0.05) is 38.1 Å². The van der Waals surface area contributed by atoms with Crippen LogP contribution < -0.4 is 5.32 Å². The van der Waals surface area contributed by atoms with Gasteiger partial charge in [-0.3, -0.25) is 14.4 Å². The summed E-state index contributed by atoms with van der Waals surface area (Å²) in [6, 6.07) is 10.2. The van der Waals surface area contributed by atoms with E-state index in [1.807, 2.05) is 40.1 Å². The van der Waals surface area contributed by atoms with Crippen LogP contribution in [0.3, 0.4) is 0 Å². The Morgan fingerprint density at radius 1 is 0.862 bits per heavy atom. The second kappa shape index (κ2) is 8.97. The van der Waals surface area contributed by atoms with Crippen molar-refractivity contribution >= 4 is 17.7 Å². The summed E-state index contributed by atoms with van der Waals surface area (Å²) >= 11 is 0. The second-order valence-electron chi connectivity index (χ2n) is 8.72.